The molecular weight excluding hydrogens is 308 g/mol. The standard InChI is InChI=1S/C18H26N2O4/c21-17(22)10-9-15(12-14-6-2-1-3-7-14)20-18(23)19-13-16-8-4-5-11-24-16/h1-3,6-7,15-16H,4-5,8-13H2,(H,21,22)(H2,19,20,23). The summed E-state index contributed by atoms with van der Waals surface area (Å²) in [7, 11) is 0. The van der Waals surface area contributed by atoms with Crippen LogP contribution in [0.25, 0.3) is 0 Å². The summed E-state index contributed by atoms with van der Waals surface area (Å²) in [4.78, 5) is 22.9. The van der Waals surface area contributed by atoms with Gasteiger partial charge in [-0.15, -0.1) is 0 Å². The number of ether oxygens (including phenoxy) is 1. The van der Waals surface area contributed by atoms with Crippen molar-refractivity contribution in [2.45, 2.75) is 50.7 Å². The van der Waals surface area contributed by atoms with Gasteiger partial charge in [-0.25, -0.2) is 4.79 Å². The van der Waals surface area contributed by atoms with Crippen LogP contribution < -0.4 is 10.6 Å². The van der Waals surface area contributed by atoms with E-state index in [1.165, 1.54) is 0 Å². The van der Waals surface area contributed by atoms with Gasteiger partial charge in [-0.2, -0.15) is 0 Å². The number of aliphatic carboxylic acids is 1. The Morgan fingerprint density at radius 3 is 2.71 bits per heavy atom. The first-order valence-corrected chi connectivity index (χ1v) is 8.55. The number of carbonyl (C=O) groups is 2. The van der Waals surface area contributed by atoms with Crippen molar-refractivity contribution in [1.29, 1.82) is 0 Å². The van der Waals surface area contributed by atoms with Gasteiger partial charge in [0.2, 0.25) is 0 Å². The smallest absolute Gasteiger partial charge is 0.315 e. The number of hydrogen-bond acceptors (Lipinski definition) is 3. The summed E-state index contributed by atoms with van der Waals surface area (Å²) in [6, 6.07) is 9.27. The molecule has 1 saturated heterocycles. The van der Waals surface area contributed by atoms with Gasteiger partial charge in [0.1, 0.15) is 0 Å². The lowest BCUT2D eigenvalue weighted by atomic mass is 10.0. The molecule has 1 aliphatic heterocycles. The Labute approximate surface area is 142 Å². The van der Waals surface area contributed by atoms with E-state index in [4.69, 9.17) is 9.84 Å². The number of urea groups is 1. The van der Waals surface area contributed by atoms with Crippen LogP contribution in [-0.2, 0) is 16.0 Å². The molecule has 1 aromatic carbocycles. The molecule has 1 aromatic rings. The maximum absolute atomic E-state index is 12.1. The first-order valence-electron chi connectivity index (χ1n) is 8.55. The number of nitrogens with one attached hydrogen (secondary N) is 2. The quantitative estimate of drug-likeness (QED) is 0.681. The Kier molecular flexibility index (Phi) is 7.55. The van der Waals surface area contributed by atoms with Gasteiger partial charge in [0.15, 0.2) is 0 Å². The van der Waals surface area contributed by atoms with Crippen molar-refractivity contribution in [3.05, 3.63) is 35.9 Å². The molecule has 2 unspecified atom stereocenters. The minimum absolute atomic E-state index is 0.0313. The van der Waals surface area contributed by atoms with E-state index in [0.29, 0.717) is 19.4 Å². The van der Waals surface area contributed by atoms with Crippen LogP contribution in [0.2, 0.25) is 0 Å². The van der Waals surface area contributed by atoms with Gasteiger partial charge < -0.3 is 20.5 Å². The van der Waals surface area contributed by atoms with Gasteiger partial charge in [0, 0.05) is 25.6 Å². The van der Waals surface area contributed by atoms with E-state index in [0.717, 1.165) is 31.4 Å². The fourth-order valence-electron chi connectivity index (χ4n) is 2.83. The molecule has 0 spiro atoms. The molecule has 0 radical (unpaired) electrons. The van der Waals surface area contributed by atoms with Gasteiger partial charge in [-0.05, 0) is 37.7 Å². The van der Waals surface area contributed by atoms with Gasteiger partial charge in [0.05, 0.1) is 6.10 Å². The van der Waals surface area contributed by atoms with Crippen molar-refractivity contribution in [1.82, 2.24) is 10.6 Å². The van der Waals surface area contributed by atoms with E-state index in [9.17, 15) is 9.59 Å². The number of hydrogen-bond donors (Lipinski definition) is 3. The van der Waals surface area contributed by atoms with E-state index in [-0.39, 0.29) is 24.6 Å². The molecule has 2 atom stereocenters. The lowest BCUT2D eigenvalue weighted by Crippen LogP contribution is -2.46. The van der Waals surface area contributed by atoms with Crippen molar-refractivity contribution in [2.24, 2.45) is 0 Å². The highest BCUT2D eigenvalue weighted by atomic mass is 16.5. The summed E-state index contributed by atoms with van der Waals surface area (Å²) in [5.41, 5.74) is 1.07. The summed E-state index contributed by atoms with van der Waals surface area (Å²) >= 11 is 0. The molecule has 0 saturated carbocycles. The van der Waals surface area contributed by atoms with Crippen molar-refractivity contribution >= 4 is 12.0 Å². The third-order valence-electron chi connectivity index (χ3n) is 4.13. The predicted octanol–water partition coefficient (Wildman–Crippen LogP) is 2.33. The third-order valence-corrected chi connectivity index (χ3v) is 4.13. The molecule has 6 nitrogen and oxygen atoms in total. The van der Waals surface area contributed by atoms with Gasteiger partial charge in [-0.3, -0.25) is 4.79 Å². The Morgan fingerprint density at radius 1 is 1.25 bits per heavy atom. The number of carboxylic acids is 1. The maximum Gasteiger partial charge on any atom is 0.315 e. The number of carbonyl (C=O) groups excluding carboxylic acids is 1. The van der Waals surface area contributed by atoms with Crippen LogP contribution in [0.15, 0.2) is 30.3 Å². The molecule has 6 heteroatoms. The fraction of sp³-hybridized carbons (Fsp3) is 0.556. The molecule has 0 aromatic heterocycles. The first kappa shape index (κ1) is 18.3. The van der Waals surface area contributed by atoms with E-state index in [1.807, 2.05) is 30.3 Å². The molecule has 1 aliphatic rings. The van der Waals surface area contributed by atoms with Crippen LogP contribution in [0.4, 0.5) is 4.79 Å². The molecule has 0 bridgehead atoms. The third kappa shape index (κ3) is 7.00. The summed E-state index contributed by atoms with van der Waals surface area (Å²) in [6.45, 7) is 1.24. The number of amides is 2. The van der Waals surface area contributed by atoms with Gasteiger partial charge in [0.25, 0.3) is 0 Å². The highest BCUT2D eigenvalue weighted by Crippen LogP contribution is 2.12. The lowest BCUT2D eigenvalue weighted by molar-refractivity contribution is -0.137. The first-order chi connectivity index (χ1) is 11.6. The largest absolute Gasteiger partial charge is 0.481 e. The van der Waals surface area contributed by atoms with E-state index in [1.54, 1.807) is 0 Å². The van der Waals surface area contributed by atoms with Crippen molar-refractivity contribution in [3.63, 3.8) is 0 Å². The Bertz CT molecular complexity index is 515. The molecule has 2 rings (SSSR count). The van der Waals surface area contributed by atoms with Crippen molar-refractivity contribution < 1.29 is 19.4 Å². The predicted molar refractivity (Wildman–Crippen MR) is 90.9 cm³/mol. The number of benzene rings is 1. The van der Waals surface area contributed by atoms with Gasteiger partial charge >= 0.3 is 12.0 Å². The molecule has 1 heterocycles. The second kappa shape index (κ2) is 9.93. The summed E-state index contributed by atoms with van der Waals surface area (Å²) in [5, 5.41) is 14.6. The van der Waals surface area contributed by atoms with Crippen LogP contribution in [0.1, 0.15) is 37.7 Å². The molecule has 2 amide bonds. The molecule has 24 heavy (non-hydrogen) atoms. The van der Waals surface area contributed by atoms with Crippen LogP contribution in [0.3, 0.4) is 0 Å². The lowest BCUT2D eigenvalue weighted by Gasteiger charge is -2.24. The zero-order valence-corrected chi connectivity index (χ0v) is 13.9. The van der Waals surface area contributed by atoms with Crippen LogP contribution in [-0.4, -0.2) is 42.4 Å². The minimum atomic E-state index is -0.856. The van der Waals surface area contributed by atoms with Crippen LogP contribution in [0.5, 0.6) is 0 Å². The minimum Gasteiger partial charge on any atom is -0.481 e. The highest BCUT2D eigenvalue weighted by molar-refractivity contribution is 5.74. The Balaban J connectivity index is 1.81. The zero-order valence-electron chi connectivity index (χ0n) is 13.9. The van der Waals surface area contributed by atoms with E-state index < -0.39 is 5.97 Å². The van der Waals surface area contributed by atoms with Crippen LogP contribution >= 0.6 is 0 Å². The Hall–Kier alpha value is -2.08. The van der Waals surface area contributed by atoms with E-state index in [2.05, 4.69) is 10.6 Å². The molecule has 3 N–H and O–H groups in total. The summed E-state index contributed by atoms with van der Waals surface area (Å²) in [6.07, 6.45) is 4.30. The molecule has 1 fully saturated rings. The highest BCUT2D eigenvalue weighted by Gasteiger charge is 2.17. The number of rotatable bonds is 8. The van der Waals surface area contributed by atoms with Crippen molar-refractivity contribution in [2.75, 3.05) is 13.2 Å². The number of carboxylic acid groups (broad SMARTS) is 1. The molecule has 0 aliphatic carbocycles. The zero-order chi connectivity index (χ0) is 17.2. The van der Waals surface area contributed by atoms with Crippen LogP contribution in [0, 0.1) is 0 Å². The fourth-order valence-corrected chi connectivity index (χ4v) is 2.83. The van der Waals surface area contributed by atoms with Crippen molar-refractivity contribution in [3.8, 4) is 0 Å². The topological polar surface area (TPSA) is 87.7 Å². The molecular formula is C18H26N2O4. The normalized spacial score (nSPS) is 18.6. The Morgan fingerprint density at radius 2 is 2.04 bits per heavy atom. The monoisotopic (exact) mass is 334 g/mol. The van der Waals surface area contributed by atoms with E-state index >= 15 is 0 Å². The average Bonchev–Trinajstić information content (AvgIpc) is 2.60. The second-order valence-corrected chi connectivity index (χ2v) is 6.16. The maximum atomic E-state index is 12.1. The van der Waals surface area contributed by atoms with Gasteiger partial charge in [-0.1, -0.05) is 30.3 Å². The summed E-state index contributed by atoms with van der Waals surface area (Å²) < 4.78 is 5.59. The summed E-state index contributed by atoms with van der Waals surface area (Å²) in [5.74, 6) is -0.856. The second-order valence-electron chi connectivity index (χ2n) is 6.16. The molecule has 132 valence electrons. The SMILES string of the molecule is O=C(O)CCC(Cc1ccccc1)NC(=O)NCC1CCCCO1. The average molecular weight is 334 g/mol.